The van der Waals surface area contributed by atoms with Gasteiger partial charge in [-0.25, -0.2) is 4.79 Å². The van der Waals surface area contributed by atoms with E-state index in [0.717, 1.165) is 16.3 Å². The van der Waals surface area contributed by atoms with Gasteiger partial charge in [0.1, 0.15) is 6.61 Å². The number of rotatable bonds is 6. The Morgan fingerprint density at radius 3 is 2.44 bits per heavy atom. The standard InChI is InChI=1S/C25H25N3O4/c26-16-22(29)28-14-6-13-25(28,24(31)32-17-18-7-2-1-3-8-18)23(30)27-21-12-11-19-9-4-5-10-20(19)15-21/h1-5,7-12,15H,6,13-14,16-17,26H2,(H,27,30)/t25-/m0/s1. The predicted molar refractivity (Wildman–Crippen MR) is 122 cm³/mol. The van der Waals surface area contributed by atoms with Gasteiger partial charge in [-0.05, 0) is 41.3 Å². The van der Waals surface area contributed by atoms with Crippen LogP contribution in [0.15, 0.2) is 72.8 Å². The number of nitrogens with one attached hydrogen (secondary N) is 1. The number of hydrogen-bond donors (Lipinski definition) is 2. The first-order chi connectivity index (χ1) is 15.5. The molecule has 1 aliphatic rings. The van der Waals surface area contributed by atoms with Crippen molar-refractivity contribution in [1.82, 2.24) is 4.90 Å². The number of nitrogens with zero attached hydrogens (tertiary/aromatic N) is 1. The Labute approximate surface area is 186 Å². The number of esters is 1. The van der Waals surface area contributed by atoms with Gasteiger partial charge in [0.25, 0.3) is 5.91 Å². The molecule has 1 saturated heterocycles. The zero-order chi connectivity index (χ0) is 22.6. The van der Waals surface area contributed by atoms with Crippen LogP contribution in [-0.4, -0.2) is 41.3 Å². The van der Waals surface area contributed by atoms with Crippen LogP contribution in [0, 0.1) is 0 Å². The van der Waals surface area contributed by atoms with Crippen LogP contribution in [-0.2, 0) is 25.7 Å². The van der Waals surface area contributed by atoms with Crippen LogP contribution >= 0.6 is 0 Å². The lowest BCUT2D eigenvalue weighted by atomic mass is 9.94. The van der Waals surface area contributed by atoms with Crippen LogP contribution in [0.3, 0.4) is 0 Å². The Morgan fingerprint density at radius 2 is 1.69 bits per heavy atom. The van der Waals surface area contributed by atoms with Crippen molar-refractivity contribution in [2.75, 3.05) is 18.4 Å². The van der Waals surface area contributed by atoms with Gasteiger partial charge in [0.2, 0.25) is 11.4 Å². The lowest BCUT2D eigenvalue weighted by molar-refractivity contribution is -0.166. The molecular formula is C25H25N3O4. The number of fused-ring (bicyclic) bond motifs is 1. The fraction of sp³-hybridized carbons (Fsp3) is 0.240. The van der Waals surface area contributed by atoms with Gasteiger partial charge in [-0.15, -0.1) is 0 Å². The molecule has 1 atom stereocenters. The van der Waals surface area contributed by atoms with E-state index in [-0.39, 0.29) is 26.1 Å². The number of hydrogen-bond acceptors (Lipinski definition) is 5. The van der Waals surface area contributed by atoms with E-state index in [9.17, 15) is 14.4 Å². The number of ether oxygens (including phenoxy) is 1. The van der Waals surface area contributed by atoms with Crippen molar-refractivity contribution in [3.63, 3.8) is 0 Å². The summed E-state index contributed by atoms with van der Waals surface area (Å²) in [5.41, 5.74) is 5.16. The largest absolute Gasteiger partial charge is 0.459 e. The molecule has 3 aromatic carbocycles. The average molecular weight is 431 g/mol. The lowest BCUT2D eigenvalue weighted by Gasteiger charge is -2.34. The maximum atomic E-state index is 13.5. The van der Waals surface area contributed by atoms with E-state index in [1.807, 2.05) is 66.7 Å². The highest BCUT2D eigenvalue weighted by molar-refractivity contribution is 6.15. The normalized spacial score (nSPS) is 17.8. The van der Waals surface area contributed by atoms with Crippen LogP contribution in [0.5, 0.6) is 0 Å². The summed E-state index contributed by atoms with van der Waals surface area (Å²) in [5.74, 6) is -1.81. The molecule has 1 aliphatic heterocycles. The fourth-order valence-corrected chi connectivity index (χ4v) is 4.15. The molecule has 0 saturated carbocycles. The van der Waals surface area contributed by atoms with Gasteiger partial charge in [0.15, 0.2) is 0 Å². The van der Waals surface area contributed by atoms with Gasteiger partial charge in [0, 0.05) is 12.2 Å². The molecule has 0 spiro atoms. The number of nitrogens with two attached hydrogens (primary N) is 1. The quantitative estimate of drug-likeness (QED) is 0.462. The van der Waals surface area contributed by atoms with Crippen molar-refractivity contribution in [2.24, 2.45) is 5.73 Å². The van der Waals surface area contributed by atoms with Gasteiger partial charge >= 0.3 is 5.97 Å². The average Bonchev–Trinajstić information content (AvgIpc) is 3.29. The van der Waals surface area contributed by atoms with Crippen molar-refractivity contribution in [1.29, 1.82) is 0 Å². The molecule has 3 N–H and O–H groups in total. The molecule has 0 aromatic heterocycles. The highest BCUT2D eigenvalue weighted by Crippen LogP contribution is 2.33. The highest BCUT2D eigenvalue weighted by Gasteiger charge is 2.56. The topological polar surface area (TPSA) is 102 Å². The molecule has 7 nitrogen and oxygen atoms in total. The monoisotopic (exact) mass is 431 g/mol. The molecule has 0 aliphatic carbocycles. The van der Waals surface area contributed by atoms with E-state index < -0.39 is 23.3 Å². The first-order valence-electron chi connectivity index (χ1n) is 10.6. The van der Waals surface area contributed by atoms with Crippen molar-refractivity contribution < 1.29 is 19.1 Å². The number of carbonyl (C=O) groups is 3. The molecule has 0 unspecified atom stereocenters. The second kappa shape index (κ2) is 9.20. The minimum Gasteiger partial charge on any atom is -0.459 e. The van der Waals surface area contributed by atoms with Crippen LogP contribution in [0.2, 0.25) is 0 Å². The van der Waals surface area contributed by atoms with Crippen LogP contribution in [0.25, 0.3) is 10.8 Å². The van der Waals surface area contributed by atoms with Crippen molar-refractivity contribution >= 4 is 34.2 Å². The van der Waals surface area contributed by atoms with E-state index in [4.69, 9.17) is 10.5 Å². The molecule has 164 valence electrons. The molecule has 0 bridgehead atoms. The lowest BCUT2D eigenvalue weighted by Crippen LogP contribution is -2.62. The molecule has 4 rings (SSSR count). The third-order valence-corrected chi connectivity index (χ3v) is 5.79. The Balaban J connectivity index is 1.62. The van der Waals surface area contributed by atoms with E-state index >= 15 is 0 Å². The molecule has 1 fully saturated rings. The van der Waals surface area contributed by atoms with Crippen LogP contribution in [0.1, 0.15) is 18.4 Å². The van der Waals surface area contributed by atoms with E-state index in [1.54, 1.807) is 6.07 Å². The summed E-state index contributed by atoms with van der Waals surface area (Å²) < 4.78 is 5.53. The van der Waals surface area contributed by atoms with Gasteiger partial charge < -0.3 is 20.7 Å². The Bertz CT molecular complexity index is 1150. The Morgan fingerprint density at radius 1 is 0.969 bits per heavy atom. The summed E-state index contributed by atoms with van der Waals surface area (Å²) >= 11 is 0. The Hall–Kier alpha value is -3.71. The summed E-state index contributed by atoms with van der Waals surface area (Å²) in [6.07, 6.45) is 0.670. The number of benzene rings is 3. The number of likely N-dealkylation sites (tertiary alicyclic amines) is 1. The van der Waals surface area contributed by atoms with E-state index in [2.05, 4.69) is 5.32 Å². The SMILES string of the molecule is NCC(=O)N1CCC[C@]1(C(=O)Nc1ccc2ccccc2c1)C(=O)OCc1ccccc1. The van der Waals surface area contributed by atoms with Crippen molar-refractivity contribution in [2.45, 2.75) is 25.0 Å². The van der Waals surface area contributed by atoms with Gasteiger partial charge in [-0.2, -0.15) is 0 Å². The number of anilines is 1. The smallest absolute Gasteiger partial charge is 0.342 e. The maximum absolute atomic E-state index is 13.5. The van der Waals surface area contributed by atoms with Crippen LogP contribution < -0.4 is 11.1 Å². The minimum absolute atomic E-state index is 0.00926. The summed E-state index contributed by atoms with van der Waals surface area (Å²) in [5, 5.41) is 4.81. The molecule has 0 radical (unpaired) electrons. The zero-order valence-electron chi connectivity index (χ0n) is 17.6. The maximum Gasteiger partial charge on any atom is 0.342 e. The van der Waals surface area contributed by atoms with Gasteiger partial charge in [-0.3, -0.25) is 9.59 Å². The van der Waals surface area contributed by atoms with E-state index in [0.29, 0.717) is 12.1 Å². The summed E-state index contributed by atoms with van der Waals surface area (Å²) in [6.45, 7) is -0.0199. The van der Waals surface area contributed by atoms with Crippen molar-refractivity contribution in [3.05, 3.63) is 78.4 Å². The Kier molecular flexibility index (Phi) is 6.18. The predicted octanol–water partition coefficient (Wildman–Crippen LogP) is 2.84. The minimum atomic E-state index is -1.75. The summed E-state index contributed by atoms with van der Waals surface area (Å²) in [7, 11) is 0. The van der Waals surface area contributed by atoms with Crippen LogP contribution in [0.4, 0.5) is 5.69 Å². The molecule has 3 aromatic rings. The fourth-order valence-electron chi connectivity index (χ4n) is 4.15. The van der Waals surface area contributed by atoms with E-state index in [1.165, 1.54) is 4.90 Å². The second-order valence-electron chi connectivity index (χ2n) is 7.79. The molecule has 32 heavy (non-hydrogen) atoms. The number of carbonyl (C=O) groups excluding carboxylic acids is 3. The van der Waals surface area contributed by atoms with Crippen molar-refractivity contribution in [3.8, 4) is 0 Å². The third-order valence-electron chi connectivity index (χ3n) is 5.79. The first kappa shape index (κ1) is 21.5. The highest BCUT2D eigenvalue weighted by atomic mass is 16.5. The summed E-state index contributed by atoms with van der Waals surface area (Å²) in [6, 6.07) is 22.5. The third kappa shape index (κ3) is 4.07. The second-order valence-corrected chi connectivity index (χ2v) is 7.79. The van der Waals surface area contributed by atoms with Gasteiger partial charge in [0.05, 0.1) is 6.54 Å². The molecular weight excluding hydrogens is 406 g/mol. The zero-order valence-corrected chi connectivity index (χ0v) is 17.6. The van der Waals surface area contributed by atoms with Gasteiger partial charge in [-0.1, -0.05) is 60.7 Å². The number of amides is 2. The molecule has 2 amide bonds. The first-order valence-corrected chi connectivity index (χ1v) is 10.6. The summed E-state index contributed by atoms with van der Waals surface area (Å²) in [4.78, 5) is 40.6. The molecule has 7 heteroatoms. The molecule has 1 heterocycles.